The molecular formula is C25H22BrF3O4. The molecule has 0 aliphatic carbocycles. The van der Waals surface area contributed by atoms with Crippen LogP contribution in [0.2, 0.25) is 0 Å². The van der Waals surface area contributed by atoms with E-state index < -0.39 is 17.7 Å². The Morgan fingerprint density at radius 3 is 1.76 bits per heavy atom. The molecule has 0 amide bonds. The maximum absolute atomic E-state index is 13.1. The molecule has 0 heterocycles. The van der Waals surface area contributed by atoms with Crippen LogP contribution in [0.3, 0.4) is 0 Å². The zero-order valence-corrected chi connectivity index (χ0v) is 20.0. The molecule has 0 N–H and O–H groups in total. The van der Waals surface area contributed by atoms with Crippen LogP contribution in [-0.4, -0.2) is 26.2 Å². The van der Waals surface area contributed by atoms with E-state index >= 15 is 0 Å². The molecule has 0 saturated heterocycles. The van der Waals surface area contributed by atoms with Gasteiger partial charge in [0.1, 0.15) is 0 Å². The van der Waals surface area contributed by atoms with Gasteiger partial charge in [-0.2, -0.15) is 13.2 Å². The highest BCUT2D eigenvalue weighted by Gasteiger charge is 2.33. The minimum atomic E-state index is -4.43. The summed E-state index contributed by atoms with van der Waals surface area (Å²) in [5.41, 5.74) is 2.34. The number of hydrogen-bond acceptors (Lipinski definition) is 4. The predicted octanol–water partition coefficient (Wildman–Crippen LogP) is 7.01. The van der Waals surface area contributed by atoms with E-state index in [1.165, 1.54) is 44.6 Å². The molecule has 174 valence electrons. The van der Waals surface area contributed by atoms with Crippen LogP contribution in [0.4, 0.5) is 13.2 Å². The molecule has 33 heavy (non-hydrogen) atoms. The Hall–Kier alpha value is -3.13. The van der Waals surface area contributed by atoms with Crippen molar-refractivity contribution in [3.63, 3.8) is 0 Å². The Bertz CT molecular complexity index is 1160. The Labute approximate surface area is 198 Å². The molecule has 3 aromatic rings. The molecule has 8 heteroatoms. The van der Waals surface area contributed by atoms with Crippen LogP contribution >= 0.6 is 15.9 Å². The van der Waals surface area contributed by atoms with Crippen LogP contribution in [0, 0.1) is 13.8 Å². The second-order valence-electron chi connectivity index (χ2n) is 7.02. The van der Waals surface area contributed by atoms with Crippen molar-refractivity contribution in [3.05, 3.63) is 93.0 Å². The van der Waals surface area contributed by atoms with E-state index in [1.54, 1.807) is 25.1 Å². The molecule has 0 fully saturated rings. The highest BCUT2D eigenvalue weighted by Crippen LogP contribution is 2.38. The molecule has 4 nitrogen and oxygen atoms in total. The van der Waals surface area contributed by atoms with Gasteiger partial charge in [-0.15, -0.1) is 0 Å². The first-order valence-corrected chi connectivity index (χ1v) is 10.5. The number of carbonyl (C=O) groups is 2. The molecule has 0 spiro atoms. The highest BCUT2D eigenvalue weighted by molar-refractivity contribution is 9.10. The van der Waals surface area contributed by atoms with Crippen molar-refractivity contribution in [3.8, 4) is 11.1 Å². The number of alkyl halides is 3. The van der Waals surface area contributed by atoms with Gasteiger partial charge in [0.15, 0.2) is 0 Å². The summed E-state index contributed by atoms with van der Waals surface area (Å²) < 4.78 is 49.3. The van der Waals surface area contributed by atoms with E-state index in [4.69, 9.17) is 0 Å². The van der Waals surface area contributed by atoms with Crippen molar-refractivity contribution >= 4 is 27.9 Å². The maximum Gasteiger partial charge on any atom is 0.417 e. The van der Waals surface area contributed by atoms with Gasteiger partial charge in [0.25, 0.3) is 0 Å². The predicted molar refractivity (Wildman–Crippen MR) is 123 cm³/mol. The van der Waals surface area contributed by atoms with Crippen molar-refractivity contribution in [2.45, 2.75) is 20.0 Å². The number of ether oxygens (including phenoxy) is 2. The van der Waals surface area contributed by atoms with Crippen LogP contribution < -0.4 is 0 Å². The van der Waals surface area contributed by atoms with Crippen molar-refractivity contribution in [1.29, 1.82) is 0 Å². The molecule has 0 bridgehead atoms. The fourth-order valence-corrected chi connectivity index (χ4v) is 3.31. The maximum atomic E-state index is 13.1. The molecule has 0 atom stereocenters. The molecule has 0 aliphatic rings. The SMILES string of the molecule is COC(=O)c1ccc(-c2ccccc2C(F)(F)F)c(C)c1.COC(=O)c1ccc(Br)c(C)c1. The van der Waals surface area contributed by atoms with Crippen LogP contribution in [0.15, 0.2) is 65.1 Å². The zero-order chi connectivity index (χ0) is 24.8. The van der Waals surface area contributed by atoms with Crippen molar-refractivity contribution < 1.29 is 32.2 Å². The molecule has 0 saturated carbocycles. The molecule has 0 radical (unpaired) electrons. The number of carbonyl (C=O) groups excluding carboxylic acids is 2. The topological polar surface area (TPSA) is 52.6 Å². The second kappa shape index (κ2) is 11.1. The third kappa shape index (κ3) is 6.68. The minimum Gasteiger partial charge on any atom is -0.465 e. The monoisotopic (exact) mass is 522 g/mol. The molecule has 3 rings (SSSR count). The fourth-order valence-electron chi connectivity index (χ4n) is 3.07. The standard InChI is InChI=1S/C16H13F3O2.C9H9BrO2/c1-10-9-11(15(20)21-2)7-8-12(10)13-5-3-4-6-14(13)16(17,18)19;1-6-5-7(9(11)12-2)3-4-8(6)10/h3-9H,1-2H3;3-5H,1-2H3. The van der Waals surface area contributed by atoms with Crippen molar-refractivity contribution in [2.75, 3.05) is 14.2 Å². The average molecular weight is 523 g/mol. The Morgan fingerprint density at radius 2 is 1.27 bits per heavy atom. The lowest BCUT2D eigenvalue weighted by atomic mass is 9.94. The lowest BCUT2D eigenvalue weighted by Gasteiger charge is -2.15. The number of benzene rings is 3. The first-order valence-electron chi connectivity index (χ1n) is 9.69. The van der Waals surface area contributed by atoms with Crippen LogP contribution in [0.5, 0.6) is 0 Å². The van der Waals surface area contributed by atoms with Gasteiger partial charge >= 0.3 is 18.1 Å². The quantitative estimate of drug-likeness (QED) is 0.347. The summed E-state index contributed by atoms with van der Waals surface area (Å²) in [6.45, 7) is 3.59. The third-order valence-corrected chi connectivity index (χ3v) is 5.64. The van der Waals surface area contributed by atoms with Gasteiger partial charge in [-0.3, -0.25) is 0 Å². The highest BCUT2D eigenvalue weighted by atomic mass is 79.9. The Kier molecular flexibility index (Phi) is 8.82. The van der Waals surface area contributed by atoms with E-state index in [0.717, 1.165) is 16.1 Å². The first kappa shape index (κ1) is 26.1. The molecule has 3 aromatic carbocycles. The molecule has 0 unspecified atom stereocenters. The number of methoxy groups -OCH3 is 2. The first-order chi connectivity index (χ1) is 15.5. The summed E-state index contributed by atoms with van der Waals surface area (Å²) in [6.07, 6.45) is -4.43. The second-order valence-corrected chi connectivity index (χ2v) is 7.87. The van der Waals surface area contributed by atoms with Gasteiger partial charge < -0.3 is 9.47 Å². The summed E-state index contributed by atoms with van der Waals surface area (Å²) in [4.78, 5) is 22.5. The number of rotatable bonds is 3. The number of halogens is 4. The summed E-state index contributed by atoms with van der Waals surface area (Å²) in [6, 6.07) is 15.2. The van der Waals surface area contributed by atoms with Crippen LogP contribution in [0.1, 0.15) is 37.4 Å². The Morgan fingerprint density at radius 1 is 0.758 bits per heavy atom. The number of hydrogen-bond donors (Lipinski definition) is 0. The Balaban J connectivity index is 0.000000273. The van der Waals surface area contributed by atoms with Gasteiger partial charge in [-0.05, 0) is 72.5 Å². The molecule has 0 aromatic heterocycles. The van der Waals surface area contributed by atoms with E-state index in [-0.39, 0.29) is 11.5 Å². The van der Waals surface area contributed by atoms with Gasteiger partial charge in [0.05, 0.1) is 30.9 Å². The molecular weight excluding hydrogens is 501 g/mol. The lowest BCUT2D eigenvalue weighted by molar-refractivity contribution is -0.137. The summed E-state index contributed by atoms with van der Waals surface area (Å²) >= 11 is 3.35. The van der Waals surface area contributed by atoms with Crippen molar-refractivity contribution in [2.24, 2.45) is 0 Å². The van der Waals surface area contributed by atoms with E-state index in [0.29, 0.717) is 22.3 Å². The van der Waals surface area contributed by atoms with Crippen LogP contribution in [-0.2, 0) is 15.7 Å². The normalized spacial score (nSPS) is 10.7. The van der Waals surface area contributed by atoms with Crippen LogP contribution in [0.25, 0.3) is 11.1 Å². The number of esters is 2. The number of aryl methyl sites for hydroxylation is 2. The van der Waals surface area contributed by atoms with Gasteiger partial charge in [-0.25, -0.2) is 9.59 Å². The van der Waals surface area contributed by atoms with Gasteiger partial charge in [-0.1, -0.05) is 40.2 Å². The van der Waals surface area contributed by atoms with E-state index in [9.17, 15) is 22.8 Å². The zero-order valence-electron chi connectivity index (χ0n) is 18.4. The minimum absolute atomic E-state index is 0.0962. The largest absolute Gasteiger partial charge is 0.465 e. The fraction of sp³-hybridized carbons (Fsp3) is 0.200. The average Bonchev–Trinajstić information content (AvgIpc) is 2.79. The van der Waals surface area contributed by atoms with Gasteiger partial charge in [0, 0.05) is 4.47 Å². The van der Waals surface area contributed by atoms with Gasteiger partial charge in [0.2, 0.25) is 0 Å². The lowest BCUT2D eigenvalue weighted by Crippen LogP contribution is -2.07. The van der Waals surface area contributed by atoms with E-state index in [2.05, 4.69) is 25.4 Å². The summed E-state index contributed by atoms with van der Waals surface area (Å²) in [7, 11) is 2.63. The summed E-state index contributed by atoms with van der Waals surface area (Å²) in [5.74, 6) is -0.820. The third-order valence-electron chi connectivity index (χ3n) is 4.75. The molecule has 0 aliphatic heterocycles. The smallest absolute Gasteiger partial charge is 0.417 e. The van der Waals surface area contributed by atoms with E-state index in [1.807, 2.05) is 13.0 Å². The van der Waals surface area contributed by atoms with Crippen molar-refractivity contribution in [1.82, 2.24) is 0 Å². The summed E-state index contributed by atoms with van der Waals surface area (Å²) in [5, 5.41) is 0.